The molecule has 1 heterocycles. The zero-order chi connectivity index (χ0) is 23.7. The Kier molecular flexibility index (Phi) is 10.4. The van der Waals surface area contributed by atoms with E-state index < -0.39 is 31.5 Å². The van der Waals surface area contributed by atoms with Crippen molar-refractivity contribution in [1.29, 1.82) is 0 Å². The summed E-state index contributed by atoms with van der Waals surface area (Å²) < 4.78 is 83.9. The Bertz CT molecular complexity index is 688. The molecule has 1 N–H and O–H groups in total. The van der Waals surface area contributed by atoms with Crippen molar-refractivity contribution in [2.24, 2.45) is 0 Å². The van der Waals surface area contributed by atoms with Crippen LogP contribution in [-0.2, 0) is 0 Å². The molecule has 1 aliphatic rings. The van der Waals surface area contributed by atoms with E-state index in [1.165, 1.54) is 11.9 Å². The number of nitrogens with one attached hydrogen (secondary N) is 1. The van der Waals surface area contributed by atoms with Crippen LogP contribution in [0.5, 0.6) is 11.5 Å². The largest absolute Gasteiger partial charge is 0.484 e. The van der Waals surface area contributed by atoms with E-state index in [1.54, 1.807) is 0 Å². The number of hydrogen-bond donors (Lipinski definition) is 1. The molecule has 0 aliphatic carbocycles. The highest BCUT2D eigenvalue weighted by molar-refractivity contribution is 5.97. The molecule has 1 aromatic rings. The van der Waals surface area contributed by atoms with Gasteiger partial charge in [-0.2, -0.15) is 26.3 Å². The van der Waals surface area contributed by atoms with Gasteiger partial charge in [-0.3, -0.25) is 4.79 Å². The Hall–Kier alpha value is -2.17. The molecule has 1 fully saturated rings. The molecule has 1 atom stereocenters. The Balaban J connectivity index is 0.00000233. The van der Waals surface area contributed by atoms with E-state index >= 15 is 0 Å². The van der Waals surface area contributed by atoms with Crippen molar-refractivity contribution in [3.8, 4) is 11.5 Å². The lowest BCUT2D eigenvalue weighted by Crippen LogP contribution is -2.44. The van der Waals surface area contributed by atoms with Gasteiger partial charge in [-0.15, -0.1) is 0 Å². The zero-order valence-electron chi connectivity index (χ0n) is 17.7. The van der Waals surface area contributed by atoms with Gasteiger partial charge in [0.25, 0.3) is 5.91 Å². The second-order valence-electron chi connectivity index (χ2n) is 6.80. The maximum absolute atomic E-state index is 12.8. The summed E-state index contributed by atoms with van der Waals surface area (Å²) in [6.45, 7) is 1.87. The smallest absolute Gasteiger partial charge is 0.422 e. The minimum absolute atomic E-state index is 0.0295. The van der Waals surface area contributed by atoms with Crippen LogP contribution in [0, 0.1) is 0 Å². The van der Waals surface area contributed by atoms with Gasteiger partial charge in [0, 0.05) is 19.6 Å². The minimum Gasteiger partial charge on any atom is -0.484 e. The van der Waals surface area contributed by atoms with Crippen molar-refractivity contribution < 1.29 is 40.6 Å². The van der Waals surface area contributed by atoms with Crippen LogP contribution in [0.4, 0.5) is 26.3 Å². The summed E-state index contributed by atoms with van der Waals surface area (Å²) in [6, 6.07) is 3.01. The van der Waals surface area contributed by atoms with Crippen molar-refractivity contribution in [1.82, 2.24) is 10.2 Å². The molecule has 31 heavy (non-hydrogen) atoms. The zero-order valence-corrected chi connectivity index (χ0v) is 17.7. The van der Waals surface area contributed by atoms with Crippen LogP contribution in [0.15, 0.2) is 18.2 Å². The first kappa shape index (κ1) is 26.9. The summed E-state index contributed by atoms with van der Waals surface area (Å²) in [4.78, 5) is 14.1. The number of likely N-dealkylation sites (N-methyl/N-ethyl adjacent to an activating group) is 1. The highest BCUT2D eigenvalue weighted by atomic mass is 19.4. The van der Waals surface area contributed by atoms with Crippen LogP contribution < -0.4 is 14.8 Å². The summed E-state index contributed by atoms with van der Waals surface area (Å²) in [5.74, 6) is -1.35. The first-order valence-corrected chi connectivity index (χ1v) is 9.96. The topological polar surface area (TPSA) is 50.8 Å². The normalized spacial score (nSPS) is 16.7. The van der Waals surface area contributed by atoms with E-state index in [0.717, 1.165) is 44.0 Å². The van der Waals surface area contributed by atoms with E-state index in [0.29, 0.717) is 6.54 Å². The maximum atomic E-state index is 12.8. The number of alkyl halides is 6. The molecule has 1 amide bonds. The Morgan fingerprint density at radius 2 is 1.68 bits per heavy atom. The number of benzene rings is 1. The molecule has 0 aromatic heterocycles. The molecule has 2 rings (SSSR count). The summed E-state index contributed by atoms with van der Waals surface area (Å²) in [7, 11) is 1.47. The Labute approximate surface area is 177 Å². The van der Waals surface area contributed by atoms with Crippen LogP contribution in [0.2, 0.25) is 0 Å². The van der Waals surface area contributed by atoms with Gasteiger partial charge in [0.1, 0.15) is 11.5 Å². The number of piperidine rings is 1. The molecular weight excluding hydrogens is 430 g/mol. The third kappa shape index (κ3) is 10.1. The van der Waals surface area contributed by atoms with E-state index in [1.807, 2.05) is 13.8 Å². The highest BCUT2D eigenvalue weighted by Crippen LogP contribution is 2.29. The van der Waals surface area contributed by atoms with Gasteiger partial charge in [-0.1, -0.05) is 20.3 Å². The van der Waals surface area contributed by atoms with Crippen LogP contribution in [0.25, 0.3) is 0 Å². The average Bonchev–Trinajstić information content (AvgIpc) is 2.71. The number of halogens is 6. The van der Waals surface area contributed by atoms with E-state index in [-0.39, 0.29) is 23.1 Å². The van der Waals surface area contributed by atoms with Crippen molar-refractivity contribution >= 4 is 5.91 Å². The Morgan fingerprint density at radius 1 is 1.06 bits per heavy atom. The van der Waals surface area contributed by atoms with Gasteiger partial charge >= 0.3 is 12.4 Å². The fourth-order valence-electron chi connectivity index (χ4n) is 2.92. The fourth-order valence-corrected chi connectivity index (χ4v) is 2.92. The molecular formula is C20H28F6N2O3. The van der Waals surface area contributed by atoms with Crippen LogP contribution in [0.3, 0.4) is 0 Å². The number of hydrogen-bond acceptors (Lipinski definition) is 4. The SMILES string of the molecule is CC.CN(CC1CCCCN1)C(=O)c1cc(OCC(F)(F)F)ccc1OCC(F)(F)F. The van der Waals surface area contributed by atoms with Gasteiger partial charge < -0.3 is 19.7 Å². The fraction of sp³-hybridized carbons (Fsp3) is 0.650. The number of rotatable bonds is 7. The molecule has 178 valence electrons. The molecule has 0 bridgehead atoms. The van der Waals surface area contributed by atoms with Gasteiger partial charge in [-0.05, 0) is 37.6 Å². The van der Waals surface area contributed by atoms with Crippen LogP contribution >= 0.6 is 0 Å². The van der Waals surface area contributed by atoms with Gasteiger partial charge in [0.05, 0.1) is 5.56 Å². The second-order valence-corrected chi connectivity index (χ2v) is 6.80. The third-order valence-corrected chi connectivity index (χ3v) is 4.23. The molecule has 1 saturated heterocycles. The standard InChI is InChI=1S/C18H22F6N2O3.C2H6/c1-26(9-12-4-2-3-7-25-12)16(27)14-8-13(28-10-17(19,20)21)5-6-15(14)29-11-18(22,23)24;1-2/h5-6,8,12,25H,2-4,7,9-11H2,1H3;1-2H3. The monoisotopic (exact) mass is 458 g/mol. The first-order chi connectivity index (χ1) is 14.4. The van der Waals surface area contributed by atoms with Crippen molar-refractivity contribution in [2.45, 2.75) is 51.5 Å². The molecule has 0 spiro atoms. The molecule has 1 unspecified atom stereocenters. The lowest BCUT2D eigenvalue weighted by atomic mass is 10.0. The maximum Gasteiger partial charge on any atom is 0.422 e. The molecule has 11 heteroatoms. The second kappa shape index (κ2) is 12.0. The minimum atomic E-state index is -4.64. The molecule has 1 aromatic carbocycles. The predicted octanol–water partition coefficient (Wildman–Crippen LogP) is 4.81. The van der Waals surface area contributed by atoms with Gasteiger partial charge in [0.15, 0.2) is 13.2 Å². The lowest BCUT2D eigenvalue weighted by molar-refractivity contribution is -0.154. The quantitative estimate of drug-likeness (QED) is 0.596. The number of amides is 1. The summed E-state index contributed by atoms with van der Waals surface area (Å²) >= 11 is 0. The predicted molar refractivity (Wildman–Crippen MR) is 103 cm³/mol. The van der Waals surface area contributed by atoms with E-state index in [4.69, 9.17) is 4.74 Å². The van der Waals surface area contributed by atoms with Crippen LogP contribution in [0.1, 0.15) is 43.5 Å². The highest BCUT2D eigenvalue weighted by Gasteiger charge is 2.31. The van der Waals surface area contributed by atoms with Crippen molar-refractivity contribution in [3.05, 3.63) is 23.8 Å². The van der Waals surface area contributed by atoms with Crippen molar-refractivity contribution in [2.75, 3.05) is 33.4 Å². The van der Waals surface area contributed by atoms with E-state index in [2.05, 4.69) is 10.1 Å². The molecule has 0 saturated carbocycles. The number of ether oxygens (including phenoxy) is 2. The summed E-state index contributed by atoms with van der Waals surface area (Å²) in [5.41, 5.74) is -0.299. The van der Waals surface area contributed by atoms with Gasteiger partial charge in [0.2, 0.25) is 0 Å². The van der Waals surface area contributed by atoms with Gasteiger partial charge in [-0.25, -0.2) is 0 Å². The molecule has 0 radical (unpaired) electrons. The summed E-state index contributed by atoms with van der Waals surface area (Å²) in [5, 5.41) is 3.24. The first-order valence-electron chi connectivity index (χ1n) is 9.96. The molecule has 1 aliphatic heterocycles. The third-order valence-electron chi connectivity index (χ3n) is 4.23. The van der Waals surface area contributed by atoms with E-state index in [9.17, 15) is 31.1 Å². The average molecular weight is 458 g/mol. The lowest BCUT2D eigenvalue weighted by Gasteiger charge is -2.28. The number of carbonyl (C=O) groups excluding carboxylic acids is 1. The number of nitrogens with zero attached hydrogens (tertiary/aromatic N) is 1. The van der Waals surface area contributed by atoms with Crippen molar-refractivity contribution in [3.63, 3.8) is 0 Å². The molecule has 5 nitrogen and oxygen atoms in total. The Morgan fingerprint density at radius 3 is 2.23 bits per heavy atom. The number of carbonyl (C=O) groups is 1. The summed E-state index contributed by atoms with van der Waals surface area (Å²) in [6.07, 6.45) is -6.39. The van der Waals surface area contributed by atoms with Crippen LogP contribution in [-0.4, -0.2) is 62.6 Å².